The van der Waals surface area contributed by atoms with E-state index in [-0.39, 0.29) is 11.5 Å². The normalized spacial score (nSPS) is 13.0. The van der Waals surface area contributed by atoms with E-state index in [1.165, 1.54) is 16.8 Å². The van der Waals surface area contributed by atoms with Crippen molar-refractivity contribution >= 4 is 11.3 Å². The average Bonchev–Trinajstić information content (AvgIpc) is 2.43. The van der Waals surface area contributed by atoms with Crippen molar-refractivity contribution in [3.05, 3.63) is 48.6 Å². The fraction of sp³-hybridized carbons (Fsp3) is 0.524. The van der Waals surface area contributed by atoms with Crippen LogP contribution in [0.4, 0.5) is 5.69 Å². The quantitative estimate of drug-likeness (QED) is 0.627. The maximum atomic E-state index is 4.34. The number of para-hydroxylation sites is 1. The largest absolute Gasteiger partial charge is 0.384 e. The molecule has 23 heavy (non-hydrogen) atoms. The number of benzene rings is 1. The van der Waals surface area contributed by atoms with Crippen molar-refractivity contribution in [3.63, 3.8) is 0 Å². The molecule has 0 fully saturated rings. The summed E-state index contributed by atoms with van der Waals surface area (Å²) in [5.41, 5.74) is 5.07. The lowest BCUT2D eigenvalue weighted by molar-refractivity contribution is 0.443. The van der Waals surface area contributed by atoms with E-state index in [1.54, 1.807) is 0 Å². The minimum atomic E-state index is 0.240. The van der Waals surface area contributed by atoms with Crippen LogP contribution in [-0.2, 0) is 0 Å². The summed E-state index contributed by atoms with van der Waals surface area (Å²) in [7, 11) is 0. The highest BCUT2D eigenvalue weighted by molar-refractivity contribution is 5.77. The molecule has 1 rings (SSSR count). The van der Waals surface area contributed by atoms with Gasteiger partial charge < -0.3 is 10.6 Å². The van der Waals surface area contributed by atoms with E-state index in [1.807, 2.05) is 6.08 Å². The van der Waals surface area contributed by atoms with Crippen molar-refractivity contribution in [1.82, 2.24) is 5.32 Å². The molecule has 2 nitrogen and oxygen atoms in total. The van der Waals surface area contributed by atoms with Crippen molar-refractivity contribution in [2.24, 2.45) is 5.41 Å². The predicted molar refractivity (Wildman–Crippen MR) is 105 cm³/mol. The Kier molecular flexibility index (Phi) is 7.08. The van der Waals surface area contributed by atoms with E-state index in [0.717, 1.165) is 18.5 Å². The van der Waals surface area contributed by atoms with Crippen molar-refractivity contribution in [3.8, 4) is 0 Å². The molecule has 0 heterocycles. The summed E-state index contributed by atoms with van der Waals surface area (Å²) in [4.78, 5) is 0. The first kappa shape index (κ1) is 19.5. The number of rotatable bonds is 8. The van der Waals surface area contributed by atoms with Crippen LogP contribution in [0, 0.1) is 12.3 Å². The number of hydrogen-bond acceptors (Lipinski definition) is 2. The second-order valence-corrected chi connectivity index (χ2v) is 7.88. The second-order valence-electron chi connectivity index (χ2n) is 7.88. The molecule has 0 aliphatic rings. The minimum absolute atomic E-state index is 0.240. The lowest BCUT2D eigenvalue weighted by Crippen LogP contribution is -2.33. The number of aryl methyl sites for hydroxylation is 1. The van der Waals surface area contributed by atoms with Gasteiger partial charge in [0.2, 0.25) is 0 Å². The summed E-state index contributed by atoms with van der Waals surface area (Å²) in [6, 6.07) is 7.10. The van der Waals surface area contributed by atoms with E-state index in [0.29, 0.717) is 6.04 Å². The van der Waals surface area contributed by atoms with Gasteiger partial charge in [-0.25, -0.2) is 0 Å². The van der Waals surface area contributed by atoms with Gasteiger partial charge in [-0.15, -0.1) is 6.58 Å². The molecule has 0 spiro atoms. The Balaban J connectivity index is 2.95. The SMILES string of the molecule is C=CC(CC(=C)c1cccc(C)c1NCC(C)(C)C)NC(C)C. The van der Waals surface area contributed by atoms with E-state index in [2.05, 4.69) is 83.5 Å². The lowest BCUT2D eigenvalue weighted by Gasteiger charge is -2.24. The van der Waals surface area contributed by atoms with Crippen LogP contribution in [0.2, 0.25) is 0 Å². The number of hydrogen-bond donors (Lipinski definition) is 2. The van der Waals surface area contributed by atoms with Crippen molar-refractivity contribution < 1.29 is 0 Å². The third-order valence-corrected chi connectivity index (χ3v) is 3.75. The van der Waals surface area contributed by atoms with Gasteiger partial charge in [0.15, 0.2) is 0 Å². The first-order valence-electron chi connectivity index (χ1n) is 8.54. The molecule has 0 aromatic heterocycles. The van der Waals surface area contributed by atoms with Crippen LogP contribution in [0.15, 0.2) is 37.4 Å². The molecule has 0 bridgehead atoms. The van der Waals surface area contributed by atoms with Gasteiger partial charge in [-0.2, -0.15) is 0 Å². The third-order valence-electron chi connectivity index (χ3n) is 3.75. The summed E-state index contributed by atoms with van der Waals surface area (Å²) in [5.74, 6) is 0. The fourth-order valence-corrected chi connectivity index (χ4v) is 2.56. The molecule has 0 saturated carbocycles. The van der Waals surface area contributed by atoms with Gasteiger partial charge >= 0.3 is 0 Å². The minimum Gasteiger partial charge on any atom is -0.384 e. The highest BCUT2D eigenvalue weighted by Gasteiger charge is 2.15. The molecule has 128 valence electrons. The molecule has 0 aliphatic carbocycles. The van der Waals surface area contributed by atoms with E-state index in [4.69, 9.17) is 0 Å². The third kappa shape index (κ3) is 6.62. The topological polar surface area (TPSA) is 24.1 Å². The molecule has 2 N–H and O–H groups in total. The van der Waals surface area contributed by atoms with Gasteiger partial charge in [0, 0.05) is 29.9 Å². The van der Waals surface area contributed by atoms with Crippen LogP contribution < -0.4 is 10.6 Å². The maximum Gasteiger partial charge on any atom is 0.0446 e. The van der Waals surface area contributed by atoms with Crippen LogP contribution in [0.1, 0.15) is 52.2 Å². The smallest absolute Gasteiger partial charge is 0.0446 e. The summed E-state index contributed by atoms with van der Waals surface area (Å²) >= 11 is 0. The Morgan fingerprint density at radius 1 is 1.26 bits per heavy atom. The van der Waals surface area contributed by atoms with E-state index in [9.17, 15) is 0 Å². The Labute approximate surface area is 143 Å². The average molecular weight is 315 g/mol. The molecule has 1 aromatic carbocycles. The molecule has 0 radical (unpaired) electrons. The molecular formula is C21H34N2. The van der Waals surface area contributed by atoms with Crippen LogP contribution in [-0.4, -0.2) is 18.6 Å². The summed E-state index contributed by atoms with van der Waals surface area (Å²) in [6.07, 6.45) is 2.85. The zero-order valence-electron chi connectivity index (χ0n) is 15.8. The standard InChI is InChI=1S/C21H34N2/c1-9-18(23-15(2)3)13-17(5)19-12-10-11-16(4)20(19)22-14-21(6,7)8/h9-12,15,18,22-23H,1,5,13-14H2,2-4,6-8H3. The Bertz CT molecular complexity index is 535. The molecule has 0 saturated heterocycles. The zero-order chi connectivity index (χ0) is 17.6. The van der Waals surface area contributed by atoms with Crippen molar-refractivity contribution in [2.45, 2.75) is 60.0 Å². The molecule has 1 aromatic rings. The van der Waals surface area contributed by atoms with Gasteiger partial charge in [-0.05, 0) is 29.9 Å². The fourth-order valence-electron chi connectivity index (χ4n) is 2.56. The van der Waals surface area contributed by atoms with E-state index < -0.39 is 0 Å². The Hall–Kier alpha value is -1.54. The molecule has 0 amide bonds. The highest BCUT2D eigenvalue weighted by atomic mass is 14.9. The molecule has 0 aliphatic heterocycles. The van der Waals surface area contributed by atoms with Gasteiger partial charge in [0.05, 0.1) is 0 Å². The number of anilines is 1. The van der Waals surface area contributed by atoms with E-state index >= 15 is 0 Å². The van der Waals surface area contributed by atoms with Crippen LogP contribution >= 0.6 is 0 Å². The van der Waals surface area contributed by atoms with Gasteiger partial charge in [0.25, 0.3) is 0 Å². The van der Waals surface area contributed by atoms with Crippen LogP contribution in [0.25, 0.3) is 5.57 Å². The summed E-state index contributed by atoms with van der Waals surface area (Å²) in [5, 5.41) is 7.15. The molecular weight excluding hydrogens is 280 g/mol. The predicted octanol–water partition coefficient (Wildman–Crippen LogP) is 5.41. The lowest BCUT2D eigenvalue weighted by atomic mass is 9.93. The highest BCUT2D eigenvalue weighted by Crippen LogP contribution is 2.30. The Morgan fingerprint density at radius 3 is 2.43 bits per heavy atom. The van der Waals surface area contributed by atoms with Gasteiger partial charge in [0.1, 0.15) is 0 Å². The van der Waals surface area contributed by atoms with Crippen LogP contribution in [0.3, 0.4) is 0 Å². The van der Waals surface area contributed by atoms with Gasteiger partial charge in [-0.3, -0.25) is 0 Å². The number of nitrogens with one attached hydrogen (secondary N) is 2. The van der Waals surface area contributed by atoms with Crippen LogP contribution in [0.5, 0.6) is 0 Å². The first-order valence-corrected chi connectivity index (χ1v) is 8.54. The van der Waals surface area contributed by atoms with Gasteiger partial charge in [-0.1, -0.05) is 65.5 Å². The van der Waals surface area contributed by atoms with Crippen molar-refractivity contribution in [2.75, 3.05) is 11.9 Å². The monoisotopic (exact) mass is 314 g/mol. The first-order chi connectivity index (χ1) is 10.6. The molecule has 1 unspecified atom stereocenters. The molecule has 2 heteroatoms. The molecule has 1 atom stereocenters. The summed E-state index contributed by atoms with van der Waals surface area (Å²) < 4.78 is 0. The second kappa shape index (κ2) is 8.35. The Morgan fingerprint density at radius 2 is 1.91 bits per heavy atom. The maximum absolute atomic E-state index is 4.34. The summed E-state index contributed by atoms with van der Waals surface area (Å²) in [6.45, 7) is 22.4. The zero-order valence-corrected chi connectivity index (χ0v) is 15.8. The van der Waals surface area contributed by atoms with Crippen molar-refractivity contribution in [1.29, 1.82) is 0 Å².